The SMILES string of the molecule is CCOCCOc1ccc(C(=O)NC(=S)Nc2ccc([N+](=O)[O-])cc2OC)cc1. The highest BCUT2D eigenvalue weighted by atomic mass is 32.1. The average Bonchev–Trinajstić information content (AvgIpc) is 2.71. The fourth-order valence-corrected chi connectivity index (χ4v) is 2.49. The first-order chi connectivity index (χ1) is 13.9. The Morgan fingerprint density at radius 3 is 2.52 bits per heavy atom. The van der Waals surface area contributed by atoms with Crippen molar-refractivity contribution in [1.82, 2.24) is 5.32 Å². The number of carbonyl (C=O) groups excluding carboxylic acids is 1. The summed E-state index contributed by atoms with van der Waals surface area (Å²) in [5, 5.41) is 16.2. The van der Waals surface area contributed by atoms with Crippen LogP contribution in [0.1, 0.15) is 17.3 Å². The van der Waals surface area contributed by atoms with Crippen LogP contribution >= 0.6 is 12.2 Å². The third-order valence-corrected chi connectivity index (χ3v) is 3.89. The van der Waals surface area contributed by atoms with E-state index in [-0.39, 0.29) is 16.5 Å². The molecule has 0 radical (unpaired) electrons. The Morgan fingerprint density at radius 1 is 1.17 bits per heavy atom. The van der Waals surface area contributed by atoms with Gasteiger partial charge in [0.2, 0.25) is 0 Å². The molecule has 0 spiro atoms. The van der Waals surface area contributed by atoms with Crippen molar-refractivity contribution >= 4 is 34.6 Å². The number of thiocarbonyl (C=S) groups is 1. The number of nitro benzene ring substituents is 1. The molecule has 0 aromatic heterocycles. The predicted molar refractivity (Wildman–Crippen MR) is 112 cm³/mol. The summed E-state index contributed by atoms with van der Waals surface area (Å²) in [6.45, 7) is 3.45. The molecular formula is C19H21N3O6S. The van der Waals surface area contributed by atoms with Gasteiger partial charge < -0.3 is 19.5 Å². The lowest BCUT2D eigenvalue weighted by Gasteiger charge is -2.13. The van der Waals surface area contributed by atoms with E-state index in [0.717, 1.165) is 0 Å². The first-order valence-corrected chi connectivity index (χ1v) is 9.10. The highest BCUT2D eigenvalue weighted by Crippen LogP contribution is 2.28. The lowest BCUT2D eigenvalue weighted by molar-refractivity contribution is -0.384. The normalized spacial score (nSPS) is 10.1. The van der Waals surface area contributed by atoms with Crippen LogP contribution in [0.2, 0.25) is 0 Å². The Morgan fingerprint density at radius 2 is 1.90 bits per heavy atom. The summed E-state index contributed by atoms with van der Waals surface area (Å²) in [5.41, 5.74) is 0.661. The number of methoxy groups -OCH3 is 1. The molecule has 0 unspecified atom stereocenters. The van der Waals surface area contributed by atoms with Gasteiger partial charge in [-0.2, -0.15) is 0 Å². The highest BCUT2D eigenvalue weighted by molar-refractivity contribution is 7.80. The Bertz CT molecular complexity index is 873. The second-order valence-electron chi connectivity index (χ2n) is 5.62. The number of nitrogens with one attached hydrogen (secondary N) is 2. The maximum absolute atomic E-state index is 12.3. The molecule has 0 aliphatic carbocycles. The van der Waals surface area contributed by atoms with Gasteiger partial charge in [0.05, 0.1) is 30.4 Å². The van der Waals surface area contributed by atoms with Gasteiger partial charge in [0.1, 0.15) is 18.1 Å². The van der Waals surface area contributed by atoms with Crippen LogP contribution < -0.4 is 20.1 Å². The van der Waals surface area contributed by atoms with Crippen molar-refractivity contribution in [3.63, 3.8) is 0 Å². The summed E-state index contributed by atoms with van der Waals surface area (Å²) >= 11 is 5.14. The van der Waals surface area contributed by atoms with Gasteiger partial charge >= 0.3 is 0 Å². The zero-order chi connectivity index (χ0) is 21.2. The molecule has 1 amide bonds. The summed E-state index contributed by atoms with van der Waals surface area (Å²) in [6.07, 6.45) is 0. The first-order valence-electron chi connectivity index (χ1n) is 8.70. The monoisotopic (exact) mass is 419 g/mol. The largest absolute Gasteiger partial charge is 0.494 e. The third kappa shape index (κ3) is 6.70. The number of non-ortho nitro benzene ring substituents is 1. The van der Waals surface area contributed by atoms with Gasteiger partial charge in [-0.1, -0.05) is 0 Å². The molecule has 0 aliphatic rings. The molecule has 0 saturated heterocycles. The second kappa shape index (κ2) is 10.9. The molecule has 2 rings (SSSR count). The number of nitro groups is 1. The Hall–Kier alpha value is -3.24. The van der Waals surface area contributed by atoms with Crippen molar-refractivity contribution in [2.24, 2.45) is 0 Å². The molecule has 0 heterocycles. The Kier molecular flexibility index (Phi) is 8.31. The molecule has 9 nitrogen and oxygen atoms in total. The molecule has 0 saturated carbocycles. The van der Waals surface area contributed by atoms with Crippen LogP contribution in [0.3, 0.4) is 0 Å². The average molecular weight is 419 g/mol. The lowest BCUT2D eigenvalue weighted by atomic mass is 10.2. The van der Waals surface area contributed by atoms with Crippen LogP contribution in [0, 0.1) is 10.1 Å². The van der Waals surface area contributed by atoms with E-state index in [1.807, 2.05) is 6.92 Å². The van der Waals surface area contributed by atoms with Gasteiger partial charge in [-0.3, -0.25) is 20.2 Å². The van der Waals surface area contributed by atoms with Gasteiger partial charge in [-0.15, -0.1) is 0 Å². The molecule has 0 fully saturated rings. The lowest BCUT2D eigenvalue weighted by Crippen LogP contribution is -2.34. The topological polar surface area (TPSA) is 112 Å². The number of benzene rings is 2. The van der Waals surface area contributed by atoms with Crippen LogP contribution in [0.15, 0.2) is 42.5 Å². The van der Waals surface area contributed by atoms with Crippen LogP contribution in [-0.2, 0) is 4.74 Å². The molecule has 29 heavy (non-hydrogen) atoms. The van der Waals surface area contributed by atoms with Crippen LogP contribution in [0.25, 0.3) is 0 Å². The zero-order valence-electron chi connectivity index (χ0n) is 16.0. The number of anilines is 1. The first kappa shape index (κ1) is 22.1. The van der Waals surface area contributed by atoms with Crippen LogP contribution in [-0.4, -0.2) is 42.9 Å². The smallest absolute Gasteiger partial charge is 0.273 e. The van der Waals surface area contributed by atoms with Gasteiger partial charge in [0, 0.05) is 18.2 Å². The number of hydrogen-bond acceptors (Lipinski definition) is 7. The maximum Gasteiger partial charge on any atom is 0.273 e. The fraction of sp³-hybridized carbons (Fsp3) is 0.263. The molecule has 0 aliphatic heterocycles. The maximum atomic E-state index is 12.3. The number of rotatable bonds is 9. The summed E-state index contributed by atoms with van der Waals surface area (Å²) in [4.78, 5) is 22.7. The summed E-state index contributed by atoms with van der Waals surface area (Å²) in [5.74, 6) is 0.436. The van der Waals surface area contributed by atoms with Crippen LogP contribution in [0.5, 0.6) is 11.5 Å². The van der Waals surface area contributed by atoms with Crippen molar-refractivity contribution < 1.29 is 23.9 Å². The Labute approximate surface area is 173 Å². The van der Waals surface area contributed by atoms with Crippen molar-refractivity contribution in [3.8, 4) is 11.5 Å². The van der Waals surface area contributed by atoms with E-state index in [1.54, 1.807) is 24.3 Å². The van der Waals surface area contributed by atoms with E-state index < -0.39 is 10.8 Å². The third-order valence-electron chi connectivity index (χ3n) is 3.69. The Balaban J connectivity index is 1.93. The number of nitrogens with zero attached hydrogens (tertiary/aromatic N) is 1. The summed E-state index contributed by atoms with van der Waals surface area (Å²) in [7, 11) is 1.38. The van der Waals surface area contributed by atoms with Crippen molar-refractivity contribution in [1.29, 1.82) is 0 Å². The highest BCUT2D eigenvalue weighted by Gasteiger charge is 2.14. The van der Waals surface area contributed by atoms with Crippen molar-refractivity contribution in [2.45, 2.75) is 6.92 Å². The van der Waals surface area contributed by atoms with Crippen LogP contribution in [0.4, 0.5) is 11.4 Å². The molecule has 0 bridgehead atoms. The van der Waals surface area contributed by atoms with Gasteiger partial charge in [0.25, 0.3) is 11.6 Å². The van der Waals surface area contributed by atoms with Gasteiger partial charge in [-0.05, 0) is 49.5 Å². The summed E-state index contributed by atoms with van der Waals surface area (Å²) < 4.78 is 15.8. The minimum atomic E-state index is -0.531. The molecule has 0 atom stereocenters. The second-order valence-corrected chi connectivity index (χ2v) is 6.03. The number of carbonyl (C=O) groups is 1. The number of ether oxygens (including phenoxy) is 3. The molecule has 2 aromatic rings. The van der Waals surface area contributed by atoms with E-state index in [1.165, 1.54) is 25.3 Å². The fourth-order valence-electron chi connectivity index (χ4n) is 2.29. The summed E-state index contributed by atoms with van der Waals surface area (Å²) in [6, 6.07) is 10.6. The number of amides is 1. The quantitative estimate of drug-likeness (QED) is 0.276. The van der Waals surface area contributed by atoms with Crippen molar-refractivity contribution in [2.75, 3.05) is 32.2 Å². The van der Waals surface area contributed by atoms with E-state index in [4.69, 9.17) is 26.4 Å². The predicted octanol–water partition coefficient (Wildman–Crippen LogP) is 3.15. The minimum absolute atomic E-state index is 0.0270. The molecule has 2 N–H and O–H groups in total. The number of hydrogen-bond donors (Lipinski definition) is 2. The van der Waals surface area contributed by atoms with E-state index >= 15 is 0 Å². The van der Waals surface area contributed by atoms with Gasteiger partial charge in [0.15, 0.2) is 5.11 Å². The standard InChI is InChI=1S/C19H21N3O6S/c1-3-27-10-11-28-15-7-4-13(5-8-15)18(23)21-19(29)20-16-9-6-14(22(24)25)12-17(16)26-2/h4-9,12H,3,10-11H2,1-2H3,(H2,20,21,23,29). The molecule has 154 valence electrons. The molecular weight excluding hydrogens is 398 g/mol. The zero-order valence-corrected chi connectivity index (χ0v) is 16.8. The molecule has 10 heteroatoms. The van der Waals surface area contributed by atoms with E-state index in [2.05, 4.69) is 10.6 Å². The van der Waals surface area contributed by atoms with E-state index in [9.17, 15) is 14.9 Å². The van der Waals surface area contributed by atoms with E-state index in [0.29, 0.717) is 36.8 Å². The minimum Gasteiger partial charge on any atom is -0.494 e. The van der Waals surface area contributed by atoms with Gasteiger partial charge in [-0.25, -0.2) is 0 Å². The van der Waals surface area contributed by atoms with Crippen molar-refractivity contribution in [3.05, 3.63) is 58.1 Å². The molecule has 2 aromatic carbocycles.